The van der Waals surface area contributed by atoms with Crippen molar-refractivity contribution in [3.8, 4) is 5.75 Å². The van der Waals surface area contributed by atoms with Gasteiger partial charge in [-0.15, -0.1) is 0 Å². The van der Waals surface area contributed by atoms with Crippen molar-refractivity contribution in [2.45, 2.75) is 38.6 Å². The topological polar surface area (TPSA) is 35.2 Å². The minimum absolute atomic E-state index is 0.177. The molecule has 0 bridgehead atoms. The van der Waals surface area contributed by atoms with E-state index in [-0.39, 0.29) is 6.04 Å². The van der Waals surface area contributed by atoms with E-state index in [0.717, 1.165) is 37.0 Å². The normalized spacial score (nSPS) is 18.6. The van der Waals surface area contributed by atoms with E-state index in [0.29, 0.717) is 6.61 Å². The summed E-state index contributed by atoms with van der Waals surface area (Å²) in [6.07, 6.45) is 4.29. The third-order valence-electron chi connectivity index (χ3n) is 3.44. The van der Waals surface area contributed by atoms with Gasteiger partial charge in [0.25, 0.3) is 0 Å². The standard InChI is InChI=1S/C15H21NO/c1-3-11(2)10-17-15-9-5-6-12-13(15)7-4-8-14(12)16/h5-6,9,14H,2-4,7-8,10,16H2,1H3. The largest absolute Gasteiger partial charge is 0.489 e. The monoisotopic (exact) mass is 231 g/mol. The second-order valence-corrected chi connectivity index (χ2v) is 4.71. The second kappa shape index (κ2) is 5.37. The van der Waals surface area contributed by atoms with Crippen LogP contribution in [0, 0.1) is 0 Å². The fourth-order valence-corrected chi connectivity index (χ4v) is 2.27. The number of nitrogens with two attached hydrogens (primary N) is 1. The van der Waals surface area contributed by atoms with Crippen molar-refractivity contribution in [2.75, 3.05) is 6.61 Å². The van der Waals surface area contributed by atoms with Crippen molar-refractivity contribution < 1.29 is 4.74 Å². The quantitative estimate of drug-likeness (QED) is 0.806. The van der Waals surface area contributed by atoms with Gasteiger partial charge >= 0.3 is 0 Å². The first-order valence-corrected chi connectivity index (χ1v) is 6.39. The summed E-state index contributed by atoms with van der Waals surface area (Å²) in [6.45, 7) is 6.68. The van der Waals surface area contributed by atoms with Gasteiger partial charge in [0, 0.05) is 6.04 Å². The highest BCUT2D eigenvalue weighted by Gasteiger charge is 2.19. The van der Waals surface area contributed by atoms with Crippen LogP contribution < -0.4 is 10.5 Å². The van der Waals surface area contributed by atoms with Gasteiger partial charge in [-0.3, -0.25) is 0 Å². The van der Waals surface area contributed by atoms with Gasteiger partial charge in [0.1, 0.15) is 12.4 Å². The molecule has 0 saturated heterocycles. The number of benzene rings is 1. The summed E-state index contributed by atoms with van der Waals surface area (Å²) in [6, 6.07) is 6.38. The van der Waals surface area contributed by atoms with Crippen molar-refractivity contribution >= 4 is 0 Å². The van der Waals surface area contributed by atoms with Crippen LogP contribution in [0.4, 0.5) is 0 Å². The Kier molecular flexibility index (Phi) is 3.85. The van der Waals surface area contributed by atoms with Crippen LogP contribution in [0.15, 0.2) is 30.4 Å². The van der Waals surface area contributed by atoms with E-state index >= 15 is 0 Å². The van der Waals surface area contributed by atoms with E-state index in [1.54, 1.807) is 0 Å². The molecule has 1 aliphatic carbocycles. The highest BCUT2D eigenvalue weighted by Crippen LogP contribution is 2.34. The van der Waals surface area contributed by atoms with Crippen LogP contribution >= 0.6 is 0 Å². The van der Waals surface area contributed by atoms with Crippen LogP contribution in [0.3, 0.4) is 0 Å². The zero-order valence-electron chi connectivity index (χ0n) is 10.5. The predicted molar refractivity (Wildman–Crippen MR) is 71.2 cm³/mol. The lowest BCUT2D eigenvalue weighted by Gasteiger charge is -2.24. The van der Waals surface area contributed by atoms with Crippen molar-refractivity contribution in [1.29, 1.82) is 0 Å². The van der Waals surface area contributed by atoms with Crippen LogP contribution in [-0.2, 0) is 6.42 Å². The number of ether oxygens (including phenoxy) is 1. The minimum atomic E-state index is 0.177. The Labute approximate surface area is 103 Å². The molecule has 2 nitrogen and oxygen atoms in total. The summed E-state index contributed by atoms with van der Waals surface area (Å²) in [7, 11) is 0. The van der Waals surface area contributed by atoms with Crippen molar-refractivity contribution in [1.82, 2.24) is 0 Å². The third-order valence-corrected chi connectivity index (χ3v) is 3.44. The molecular formula is C15H21NO. The molecule has 1 atom stereocenters. The number of fused-ring (bicyclic) bond motifs is 1. The predicted octanol–water partition coefficient (Wildman–Crippen LogP) is 3.37. The molecule has 2 rings (SSSR count). The first kappa shape index (κ1) is 12.2. The molecule has 2 N–H and O–H groups in total. The Morgan fingerprint density at radius 1 is 1.53 bits per heavy atom. The van der Waals surface area contributed by atoms with Crippen LogP contribution in [0.5, 0.6) is 5.75 Å². The fraction of sp³-hybridized carbons (Fsp3) is 0.467. The summed E-state index contributed by atoms with van der Waals surface area (Å²) in [5, 5.41) is 0. The van der Waals surface area contributed by atoms with Crippen molar-refractivity contribution in [2.24, 2.45) is 5.73 Å². The zero-order valence-corrected chi connectivity index (χ0v) is 10.5. The Morgan fingerprint density at radius 3 is 3.12 bits per heavy atom. The van der Waals surface area contributed by atoms with E-state index in [1.807, 2.05) is 12.1 Å². The van der Waals surface area contributed by atoms with Gasteiger partial charge in [-0.1, -0.05) is 25.6 Å². The van der Waals surface area contributed by atoms with Crippen LogP contribution in [0.25, 0.3) is 0 Å². The summed E-state index contributed by atoms with van der Waals surface area (Å²) >= 11 is 0. The van der Waals surface area contributed by atoms with Gasteiger partial charge in [0.05, 0.1) is 0 Å². The summed E-state index contributed by atoms with van der Waals surface area (Å²) in [5.74, 6) is 0.993. The van der Waals surface area contributed by atoms with Gasteiger partial charge in [-0.05, 0) is 48.4 Å². The smallest absolute Gasteiger partial charge is 0.123 e. The average Bonchev–Trinajstić information content (AvgIpc) is 2.36. The molecule has 0 spiro atoms. The van der Waals surface area contributed by atoms with E-state index in [2.05, 4.69) is 19.6 Å². The summed E-state index contributed by atoms with van der Waals surface area (Å²) < 4.78 is 5.85. The third kappa shape index (κ3) is 2.70. The molecule has 1 aliphatic rings. The lowest BCUT2D eigenvalue weighted by Crippen LogP contribution is -2.18. The Hall–Kier alpha value is -1.28. The van der Waals surface area contributed by atoms with E-state index in [4.69, 9.17) is 10.5 Å². The fourth-order valence-electron chi connectivity index (χ4n) is 2.27. The zero-order chi connectivity index (χ0) is 12.3. The highest BCUT2D eigenvalue weighted by molar-refractivity contribution is 5.43. The second-order valence-electron chi connectivity index (χ2n) is 4.71. The molecule has 0 aromatic heterocycles. The van der Waals surface area contributed by atoms with Gasteiger partial charge in [-0.2, -0.15) is 0 Å². The maximum Gasteiger partial charge on any atom is 0.123 e. The van der Waals surface area contributed by atoms with Crippen molar-refractivity contribution in [3.05, 3.63) is 41.5 Å². The molecular weight excluding hydrogens is 210 g/mol. The van der Waals surface area contributed by atoms with Crippen LogP contribution in [0.1, 0.15) is 43.4 Å². The Morgan fingerprint density at radius 2 is 2.35 bits per heavy atom. The molecule has 92 valence electrons. The maximum absolute atomic E-state index is 6.12. The SMILES string of the molecule is C=C(CC)COc1cccc2c1CCCC2N. The Balaban J connectivity index is 2.17. The molecule has 0 fully saturated rings. The molecule has 0 heterocycles. The van der Waals surface area contributed by atoms with E-state index in [1.165, 1.54) is 11.1 Å². The minimum Gasteiger partial charge on any atom is -0.489 e. The number of hydrogen-bond donors (Lipinski definition) is 1. The Bertz CT molecular complexity index is 411. The first-order chi connectivity index (χ1) is 8.22. The molecule has 1 aromatic carbocycles. The molecule has 0 saturated carbocycles. The average molecular weight is 231 g/mol. The van der Waals surface area contributed by atoms with E-state index in [9.17, 15) is 0 Å². The molecule has 2 heteroatoms. The highest BCUT2D eigenvalue weighted by atomic mass is 16.5. The van der Waals surface area contributed by atoms with Crippen molar-refractivity contribution in [3.63, 3.8) is 0 Å². The van der Waals surface area contributed by atoms with Crippen LogP contribution in [-0.4, -0.2) is 6.61 Å². The molecule has 0 aliphatic heterocycles. The lowest BCUT2D eigenvalue weighted by atomic mass is 9.87. The molecule has 1 unspecified atom stereocenters. The van der Waals surface area contributed by atoms with Gasteiger partial charge < -0.3 is 10.5 Å². The van der Waals surface area contributed by atoms with E-state index < -0.39 is 0 Å². The first-order valence-electron chi connectivity index (χ1n) is 6.39. The summed E-state index contributed by atoms with van der Waals surface area (Å²) in [5.41, 5.74) is 9.81. The van der Waals surface area contributed by atoms with Gasteiger partial charge in [0.15, 0.2) is 0 Å². The maximum atomic E-state index is 6.12. The van der Waals surface area contributed by atoms with Gasteiger partial charge in [-0.25, -0.2) is 0 Å². The lowest BCUT2D eigenvalue weighted by molar-refractivity contribution is 0.342. The van der Waals surface area contributed by atoms with Crippen LogP contribution in [0.2, 0.25) is 0 Å². The number of rotatable bonds is 4. The number of hydrogen-bond acceptors (Lipinski definition) is 2. The molecule has 1 aromatic rings. The molecule has 17 heavy (non-hydrogen) atoms. The molecule has 0 amide bonds. The van der Waals surface area contributed by atoms with Gasteiger partial charge in [0.2, 0.25) is 0 Å². The summed E-state index contributed by atoms with van der Waals surface area (Å²) in [4.78, 5) is 0. The molecule has 0 radical (unpaired) electrons.